The first-order chi connectivity index (χ1) is 9.29. The highest BCUT2D eigenvalue weighted by Gasteiger charge is 2.27. The lowest BCUT2D eigenvalue weighted by Crippen LogP contribution is -2.44. The van der Waals surface area contributed by atoms with E-state index in [-0.39, 0.29) is 17.6 Å². The van der Waals surface area contributed by atoms with Crippen LogP contribution in [-0.2, 0) is 11.3 Å². The number of carbonyl (C=O) groups excluding carboxylic acids is 1. The van der Waals surface area contributed by atoms with Crippen molar-refractivity contribution < 1.29 is 9.53 Å². The molecule has 0 aliphatic heterocycles. The zero-order valence-electron chi connectivity index (χ0n) is 13.3. The van der Waals surface area contributed by atoms with E-state index in [4.69, 9.17) is 4.74 Å². The number of ether oxygens (including phenoxy) is 1. The first-order valence-electron chi connectivity index (χ1n) is 7.26. The average Bonchev–Trinajstić information content (AvgIpc) is 2.35. The van der Waals surface area contributed by atoms with Crippen LogP contribution in [0.5, 0.6) is 0 Å². The van der Waals surface area contributed by atoms with E-state index in [9.17, 15) is 4.79 Å². The molecular formula is C17H27NO2. The van der Waals surface area contributed by atoms with Gasteiger partial charge in [0.15, 0.2) is 0 Å². The molecule has 0 heterocycles. The van der Waals surface area contributed by atoms with E-state index in [1.54, 1.807) is 0 Å². The summed E-state index contributed by atoms with van der Waals surface area (Å²) in [6.45, 7) is 11.0. The first kappa shape index (κ1) is 16.5. The van der Waals surface area contributed by atoms with Crippen LogP contribution in [0.2, 0.25) is 0 Å². The molecule has 1 aromatic carbocycles. The van der Waals surface area contributed by atoms with E-state index in [0.29, 0.717) is 12.5 Å². The maximum Gasteiger partial charge on any atom is 0.407 e. The molecule has 1 atom stereocenters. The van der Waals surface area contributed by atoms with Crippen molar-refractivity contribution in [2.24, 2.45) is 11.3 Å². The predicted molar refractivity (Wildman–Crippen MR) is 82.5 cm³/mol. The fourth-order valence-electron chi connectivity index (χ4n) is 2.01. The van der Waals surface area contributed by atoms with Crippen LogP contribution < -0.4 is 5.32 Å². The Morgan fingerprint density at radius 3 is 2.30 bits per heavy atom. The molecule has 0 aliphatic rings. The molecule has 0 fully saturated rings. The van der Waals surface area contributed by atoms with E-state index in [0.717, 1.165) is 12.0 Å². The van der Waals surface area contributed by atoms with Crippen molar-refractivity contribution in [3.05, 3.63) is 35.9 Å². The second-order valence-corrected chi connectivity index (χ2v) is 6.75. The number of nitrogens with one attached hydrogen (secondary N) is 1. The Balaban J connectivity index is 2.50. The third-order valence-corrected chi connectivity index (χ3v) is 3.26. The summed E-state index contributed by atoms with van der Waals surface area (Å²) >= 11 is 0. The SMILES string of the molecule is CC(C)C[C@H](NC(=O)OCc1ccccc1)C(C)(C)C. The lowest BCUT2D eigenvalue weighted by molar-refractivity contribution is 0.122. The van der Waals surface area contributed by atoms with Crippen LogP contribution in [0.1, 0.15) is 46.6 Å². The number of benzene rings is 1. The summed E-state index contributed by atoms with van der Waals surface area (Å²) in [5, 5.41) is 3.00. The molecule has 20 heavy (non-hydrogen) atoms. The fourth-order valence-corrected chi connectivity index (χ4v) is 2.01. The number of rotatable bonds is 5. The molecule has 3 heteroatoms. The summed E-state index contributed by atoms with van der Waals surface area (Å²) in [7, 11) is 0. The molecule has 112 valence electrons. The Bertz CT molecular complexity index is 407. The maximum atomic E-state index is 11.9. The Morgan fingerprint density at radius 2 is 1.80 bits per heavy atom. The normalized spacial score (nSPS) is 13.1. The van der Waals surface area contributed by atoms with Crippen molar-refractivity contribution in [2.45, 2.75) is 53.7 Å². The molecule has 3 nitrogen and oxygen atoms in total. The van der Waals surface area contributed by atoms with Crippen molar-refractivity contribution in [3.8, 4) is 0 Å². The lowest BCUT2D eigenvalue weighted by Gasteiger charge is -2.32. The monoisotopic (exact) mass is 277 g/mol. The third-order valence-electron chi connectivity index (χ3n) is 3.26. The number of carbonyl (C=O) groups is 1. The van der Waals surface area contributed by atoms with Crippen molar-refractivity contribution >= 4 is 6.09 Å². The van der Waals surface area contributed by atoms with Gasteiger partial charge >= 0.3 is 6.09 Å². The Hall–Kier alpha value is -1.51. The van der Waals surface area contributed by atoms with Gasteiger partial charge in [0, 0.05) is 6.04 Å². The minimum Gasteiger partial charge on any atom is -0.445 e. The largest absolute Gasteiger partial charge is 0.445 e. The highest BCUT2D eigenvalue weighted by Crippen LogP contribution is 2.24. The topological polar surface area (TPSA) is 38.3 Å². The number of hydrogen-bond donors (Lipinski definition) is 1. The second-order valence-electron chi connectivity index (χ2n) is 6.75. The Labute approximate surface area is 122 Å². The van der Waals surface area contributed by atoms with Gasteiger partial charge < -0.3 is 10.1 Å². The molecule has 1 N–H and O–H groups in total. The van der Waals surface area contributed by atoms with E-state index < -0.39 is 0 Å². The van der Waals surface area contributed by atoms with Gasteiger partial charge in [0.05, 0.1) is 0 Å². The molecule has 1 amide bonds. The van der Waals surface area contributed by atoms with Crippen molar-refractivity contribution in [2.75, 3.05) is 0 Å². The minimum atomic E-state index is -0.338. The molecule has 0 radical (unpaired) electrons. The van der Waals surface area contributed by atoms with Gasteiger partial charge in [0.25, 0.3) is 0 Å². The van der Waals surface area contributed by atoms with Gasteiger partial charge in [0.1, 0.15) is 6.61 Å². The molecule has 0 unspecified atom stereocenters. The maximum absolute atomic E-state index is 11.9. The molecule has 1 rings (SSSR count). The Morgan fingerprint density at radius 1 is 1.20 bits per heavy atom. The molecule has 0 aromatic heterocycles. The lowest BCUT2D eigenvalue weighted by atomic mass is 9.82. The van der Waals surface area contributed by atoms with Gasteiger partial charge in [-0.05, 0) is 23.3 Å². The fraction of sp³-hybridized carbons (Fsp3) is 0.588. The highest BCUT2D eigenvalue weighted by atomic mass is 16.5. The van der Waals surface area contributed by atoms with Gasteiger partial charge in [-0.15, -0.1) is 0 Å². The molecule has 1 aromatic rings. The van der Waals surface area contributed by atoms with Crippen molar-refractivity contribution in [1.82, 2.24) is 5.32 Å². The zero-order valence-corrected chi connectivity index (χ0v) is 13.3. The average molecular weight is 277 g/mol. The third kappa shape index (κ3) is 6.09. The van der Waals surface area contributed by atoms with Crippen LogP contribution >= 0.6 is 0 Å². The first-order valence-corrected chi connectivity index (χ1v) is 7.26. The van der Waals surface area contributed by atoms with Crippen LogP contribution in [0.15, 0.2) is 30.3 Å². The van der Waals surface area contributed by atoms with E-state index in [2.05, 4.69) is 39.9 Å². The highest BCUT2D eigenvalue weighted by molar-refractivity contribution is 5.67. The zero-order chi connectivity index (χ0) is 15.2. The summed E-state index contributed by atoms with van der Waals surface area (Å²) in [6, 6.07) is 9.83. The molecular weight excluding hydrogens is 250 g/mol. The van der Waals surface area contributed by atoms with Gasteiger partial charge in [-0.1, -0.05) is 65.0 Å². The van der Waals surface area contributed by atoms with Crippen LogP contribution in [0.3, 0.4) is 0 Å². The van der Waals surface area contributed by atoms with Gasteiger partial charge in [0.2, 0.25) is 0 Å². The number of amides is 1. The quantitative estimate of drug-likeness (QED) is 0.867. The van der Waals surface area contributed by atoms with E-state index in [1.807, 2.05) is 30.3 Å². The smallest absolute Gasteiger partial charge is 0.407 e. The van der Waals surface area contributed by atoms with Crippen LogP contribution in [0.25, 0.3) is 0 Å². The van der Waals surface area contributed by atoms with E-state index >= 15 is 0 Å². The minimum absolute atomic E-state index is 0.0238. The predicted octanol–water partition coefficient (Wildman–Crippen LogP) is 4.37. The summed E-state index contributed by atoms with van der Waals surface area (Å²) in [4.78, 5) is 11.9. The van der Waals surface area contributed by atoms with Crippen LogP contribution in [-0.4, -0.2) is 12.1 Å². The molecule has 0 saturated heterocycles. The summed E-state index contributed by atoms with van der Waals surface area (Å²) in [6.07, 6.45) is 0.610. The van der Waals surface area contributed by atoms with Crippen LogP contribution in [0, 0.1) is 11.3 Å². The van der Waals surface area contributed by atoms with Crippen LogP contribution in [0.4, 0.5) is 4.79 Å². The van der Waals surface area contributed by atoms with Gasteiger partial charge in [-0.25, -0.2) is 4.79 Å². The second kappa shape index (κ2) is 7.32. The van der Waals surface area contributed by atoms with E-state index in [1.165, 1.54) is 0 Å². The number of hydrogen-bond acceptors (Lipinski definition) is 2. The molecule has 0 spiro atoms. The van der Waals surface area contributed by atoms with Gasteiger partial charge in [-0.3, -0.25) is 0 Å². The summed E-state index contributed by atoms with van der Waals surface area (Å²) in [5.74, 6) is 0.536. The summed E-state index contributed by atoms with van der Waals surface area (Å²) < 4.78 is 5.29. The molecule has 0 aliphatic carbocycles. The Kier molecular flexibility index (Phi) is 6.05. The summed E-state index contributed by atoms with van der Waals surface area (Å²) in [5.41, 5.74) is 1.02. The van der Waals surface area contributed by atoms with Crippen molar-refractivity contribution in [1.29, 1.82) is 0 Å². The molecule has 0 saturated carbocycles. The molecule has 0 bridgehead atoms. The standard InChI is InChI=1S/C17H27NO2/c1-13(2)11-15(17(3,4)5)18-16(19)20-12-14-9-7-6-8-10-14/h6-10,13,15H,11-12H2,1-5H3,(H,18,19)/t15-/m0/s1. The van der Waals surface area contributed by atoms with Gasteiger partial charge in [-0.2, -0.15) is 0 Å². The van der Waals surface area contributed by atoms with Crippen molar-refractivity contribution in [3.63, 3.8) is 0 Å². The number of alkyl carbamates (subject to hydrolysis) is 1.